The van der Waals surface area contributed by atoms with Crippen molar-refractivity contribution in [3.63, 3.8) is 0 Å². The topological polar surface area (TPSA) is 74.4 Å². The molecule has 0 aliphatic carbocycles. The third-order valence-corrected chi connectivity index (χ3v) is 1.98. The SMILES string of the molecule is COC(=O)C(N)COc1nccs1. The van der Waals surface area contributed by atoms with Crippen LogP contribution in [0.5, 0.6) is 5.19 Å². The number of esters is 1. The second-order valence-corrected chi connectivity index (χ2v) is 3.10. The zero-order valence-electron chi connectivity index (χ0n) is 7.10. The molecular formula is C7H10N2O3S. The van der Waals surface area contributed by atoms with Crippen LogP contribution in [0.15, 0.2) is 11.6 Å². The highest BCUT2D eigenvalue weighted by atomic mass is 32.1. The van der Waals surface area contributed by atoms with Crippen LogP contribution < -0.4 is 10.5 Å². The lowest BCUT2D eigenvalue weighted by Gasteiger charge is -2.08. The number of ether oxygens (including phenoxy) is 2. The summed E-state index contributed by atoms with van der Waals surface area (Å²) < 4.78 is 9.53. The van der Waals surface area contributed by atoms with Crippen molar-refractivity contribution in [1.29, 1.82) is 0 Å². The number of aromatic nitrogens is 1. The molecule has 1 rings (SSSR count). The van der Waals surface area contributed by atoms with E-state index in [4.69, 9.17) is 10.5 Å². The van der Waals surface area contributed by atoms with Gasteiger partial charge < -0.3 is 15.2 Å². The Morgan fingerprint density at radius 2 is 2.62 bits per heavy atom. The minimum absolute atomic E-state index is 0.0835. The number of carbonyl (C=O) groups is 1. The quantitative estimate of drug-likeness (QED) is 0.697. The fraction of sp³-hybridized carbons (Fsp3) is 0.429. The van der Waals surface area contributed by atoms with Crippen LogP contribution in [0.3, 0.4) is 0 Å². The Kier molecular flexibility index (Phi) is 3.66. The molecule has 0 saturated heterocycles. The van der Waals surface area contributed by atoms with Gasteiger partial charge in [0.15, 0.2) is 0 Å². The normalized spacial score (nSPS) is 12.2. The van der Waals surface area contributed by atoms with Gasteiger partial charge in [0.1, 0.15) is 12.6 Å². The van der Waals surface area contributed by atoms with Gasteiger partial charge in [-0.3, -0.25) is 4.79 Å². The van der Waals surface area contributed by atoms with E-state index in [-0.39, 0.29) is 6.61 Å². The van der Waals surface area contributed by atoms with Crippen molar-refractivity contribution in [3.8, 4) is 5.19 Å². The first kappa shape index (κ1) is 9.94. The molecule has 0 fully saturated rings. The Hall–Kier alpha value is -1.14. The van der Waals surface area contributed by atoms with Crippen LogP contribution >= 0.6 is 11.3 Å². The van der Waals surface area contributed by atoms with Crippen LogP contribution in [0.4, 0.5) is 0 Å². The van der Waals surface area contributed by atoms with E-state index in [9.17, 15) is 4.79 Å². The summed E-state index contributed by atoms with van der Waals surface area (Å²) in [5.74, 6) is -0.489. The molecule has 2 N–H and O–H groups in total. The van der Waals surface area contributed by atoms with Gasteiger partial charge >= 0.3 is 5.97 Å². The molecule has 1 unspecified atom stereocenters. The van der Waals surface area contributed by atoms with E-state index in [1.165, 1.54) is 18.4 Å². The predicted molar refractivity (Wildman–Crippen MR) is 47.6 cm³/mol. The van der Waals surface area contributed by atoms with Gasteiger partial charge in [-0.2, -0.15) is 0 Å². The van der Waals surface area contributed by atoms with Gasteiger partial charge in [-0.25, -0.2) is 4.98 Å². The smallest absolute Gasteiger partial charge is 0.326 e. The van der Waals surface area contributed by atoms with Crippen LogP contribution in [0.25, 0.3) is 0 Å². The minimum atomic E-state index is -0.756. The summed E-state index contributed by atoms with van der Waals surface area (Å²) in [7, 11) is 1.28. The molecule has 6 heteroatoms. The van der Waals surface area contributed by atoms with Gasteiger partial charge in [0, 0.05) is 11.6 Å². The number of rotatable bonds is 4. The van der Waals surface area contributed by atoms with Gasteiger partial charge in [-0.15, -0.1) is 0 Å². The molecule has 1 heterocycles. The Labute approximate surface area is 79.5 Å². The van der Waals surface area contributed by atoms with Crippen molar-refractivity contribution in [2.75, 3.05) is 13.7 Å². The van der Waals surface area contributed by atoms with E-state index in [0.717, 1.165) is 0 Å². The summed E-state index contributed by atoms with van der Waals surface area (Å²) in [6.07, 6.45) is 1.61. The molecule has 0 spiro atoms. The van der Waals surface area contributed by atoms with Crippen LogP contribution in [-0.4, -0.2) is 30.7 Å². The maximum Gasteiger partial charge on any atom is 0.326 e. The number of hydrogen-bond donors (Lipinski definition) is 1. The zero-order valence-corrected chi connectivity index (χ0v) is 7.91. The van der Waals surface area contributed by atoms with E-state index >= 15 is 0 Å². The van der Waals surface area contributed by atoms with Crippen molar-refractivity contribution in [2.24, 2.45) is 5.73 Å². The number of hydrogen-bond acceptors (Lipinski definition) is 6. The Bertz CT molecular complexity index is 263. The molecule has 0 aromatic carbocycles. The highest BCUT2D eigenvalue weighted by Crippen LogP contribution is 2.13. The van der Waals surface area contributed by atoms with Crippen LogP contribution in [0.2, 0.25) is 0 Å². The summed E-state index contributed by atoms with van der Waals surface area (Å²) in [5.41, 5.74) is 5.42. The lowest BCUT2D eigenvalue weighted by molar-refractivity contribution is -0.142. The fourth-order valence-corrected chi connectivity index (χ4v) is 1.16. The Morgan fingerprint density at radius 3 is 3.15 bits per heavy atom. The maximum atomic E-state index is 10.8. The van der Waals surface area contributed by atoms with E-state index in [1.807, 2.05) is 0 Å². The minimum Gasteiger partial charge on any atom is -0.468 e. The number of thiazole rings is 1. The molecule has 72 valence electrons. The van der Waals surface area contributed by atoms with Gasteiger partial charge in [-0.05, 0) is 0 Å². The van der Waals surface area contributed by atoms with Crippen molar-refractivity contribution >= 4 is 17.3 Å². The van der Waals surface area contributed by atoms with Gasteiger partial charge in [0.2, 0.25) is 0 Å². The van der Waals surface area contributed by atoms with Crippen molar-refractivity contribution in [1.82, 2.24) is 4.98 Å². The molecular weight excluding hydrogens is 192 g/mol. The average Bonchev–Trinajstić information content (AvgIpc) is 2.65. The van der Waals surface area contributed by atoms with E-state index in [2.05, 4.69) is 9.72 Å². The summed E-state index contributed by atoms with van der Waals surface area (Å²) in [6.45, 7) is 0.0835. The van der Waals surface area contributed by atoms with Crippen LogP contribution in [0.1, 0.15) is 0 Å². The molecule has 5 nitrogen and oxygen atoms in total. The third-order valence-electron chi connectivity index (χ3n) is 1.30. The standard InChI is InChI=1S/C7H10N2O3S/c1-11-6(10)5(8)4-12-7-9-2-3-13-7/h2-3,5H,4,8H2,1H3. The van der Waals surface area contributed by atoms with Gasteiger partial charge in [0.05, 0.1) is 7.11 Å². The monoisotopic (exact) mass is 202 g/mol. The lowest BCUT2D eigenvalue weighted by atomic mass is 10.3. The molecule has 0 saturated carbocycles. The Morgan fingerprint density at radius 1 is 1.85 bits per heavy atom. The highest BCUT2D eigenvalue weighted by molar-refractivity contribution is 7.11. The number of carbonyl (C=O) groups excluding carboxylic acids is 1. The molecule has 13 heavy (non-hydrogen) atoms. The second-order valence-electron chi connectivity index (χ2n) is 2.24. The highest BCUT2D eigenvalue weighted by Gasteiger charge is 2.14. The van der Waals surface area contributed by atoms with Crippen LogP contribution in [0, 0.1) is 0 Å². The zero-order chi connectivity index (χ0) is 9.68. The molecule has 0 aliphatic rings. The number of methoxy groups -OCH3 is 1. The van der Waals surface area contributed by atoms with E-state index in [0.29, 0.717) is 5.19 Å². The molecule has 1 aromatic rings. The average molecular weight is 202 g/mol. The Balaban J connectivity index is 2.30. The summed E-state index contributed by atoms with van der Waals surface area (Å²) in [4.78, 5) is 14.7. The van der Waals surface area contributed by atoms with Crippen molar-refractivity contribution in [3.05, 3.63) is 11.6 Å². The molecule has 1 aromatic heterocycles. The molecule has 0 aliphatic heterocycles. The largest absolute Gasteiger partial charge is 0.468 e. The van der Waals surface area contributed by atoms with Crippen LogP contribution in [-0.2, 0) is 9.53 Å². The van der Waals surface area contributed by atoms with Gasteiger partial charge in [-0.1, -0.05) is 11.3 Å². The molecule has 0 radical (unpaired) electrons. The van der Waals surface area contributed by atoms with Crippen molar-refractivity contribution in [2.45, 2.75) is 6.04 Å². The second kappa shape index (κ2) is 4.78. The lowest BCUT2D eigenvalue weighted by Crippen LogP contribution is -2.37. The van der Waals surface area contributed by atoms with Gasteiger partial charge in [0.25, 0.3) is 5.19 Å². The fourth-order valence-electron chi connectivity index (χ4n) is 0.662. The summed E-state index contributed by atoms with van der Waals surface area (Å²) in [5, 5.41) is 2.28. The predicted octanol–water partition coefficient (Wildman–Crippen LogP) is 0.0222. The van der Waals surface area contributed by atoms with Crippen molar-refractivity contribution < 1.29 is 14.3 Å². The number of nitrogens with two attached hydrogens (primary N) is 1. The first-order chi connectivity index (χ1) is 6.24. The molecule has 1 atom stereocenters. The third kappa shape index (κ3) is 3.00. The summed E-state index contributed by atoms with van der Waals surface area (Å²) in [6, 6.07) is -0.756. The first-order valence-corrected chi connectivity index (χ1v) is 4.47. The first-order valence-electron chi connectivity index (χ1n) is 3.59. The molecule has 0 bridgehead atoms. The van der Waals surface area contributed by atoms with E-state index < -0.39 is 12.0 Å². The maximum absolute atomic E-state index is 10.8. The number of nitrogens with zero attached hydrogens (tertiary/aromatic N) is 1. The summed E-state index contributed by atoms with van der Waals surface area (Å²) >= 11 is 1.34. The van der Waals surface area contributed by atoms with E-state index in [1.54, 1.807) is 11.6 Å². The molecule has 0 amide bonds.